The van der Waals surface area contributed by atoms with Crippen LogP contribution in [0.5, 0.6) is 5.75 Å². The number of benzene rings is 1. The van der Waals surface area contributed by atoms with Gasteiger partial charge in [-0.1, -0.05) is 24.8 Å². The van der Waals surface area contributed by atoms with Crippen molar-refractivity contribution in [2.24, 2.45) is 0 Å². The van der Waals surface area contributed by atoms with E-state index in [-0.39, 0.29) is 12.2 Å². The van der Waals surface area contributed by atoms with Crippen LogP contribution in [0, 0.1) is 0 Å². The number of carbonyl (C=O) groups excluding carboxylic acids is 1. The van der Waals surface area contributed by atoms with E-state index in [2.05, 4.69) is 6.58 Å². The van der Waals surface area contributed by atoms with Crippen molar-refractivity contribution in [1.82, 2.24) is 0 Å². The molecule has 1 heterocycles. The summed E-state index contributed by atoms with van der Waals surface area (Å²) >= 11 is 0. The predicted octanol–water partition coefficient (Wildman–Crippen LogP) is 3.54. The smallest absolute Gasteiger partial charge is 0.120 e. The summed E-state index contributed by atoms with van der Waals surface area (Å²) in [5.74, 6) is 0.910. The third-order valence-electron chi connectivity index (χ3n) is 3.53. The highest BCUT2D eigenvalue weighted by molar-refractivity contribution is 5.49. The molecule has 0 bridgehead atoms. The lowest BCUT2D eigenvalue weighted by Crippen LogP contribution is -2.12. The Hall–Kier alpha value is -1.61. The third kappa shape index (κ3) is 4.49. The van der Waals surface area contributed by atoms with E-state index in [0.717, 1.165) is 43.3 Å². The van der Waals surface area contributed by atoms with Crippen LogP contribution in [0.2, 0.25) is 0 Å². The molecule has 1 aliphatic heterocycles. The second kappa shape index (κ2) is 7.85. The quantitative estimate of drug-likeness (QED) is 0.413. The van der Waals surface area contributed by atoms with Gasteiger partial charge in [0.25, 0.3) is 0 Å². The van der Waals surface area contributed by atoms with Gasteiger partial charge >= 0.3 is 0 Å². The second-order valence-electron chi connectivity index (χ2n) is 5.16. The van der Waals surface area contributed by atoms with E-state index in [1.165, 1.54) is 0 Å². The van der Waals surface area contributed by atoms with E-state index in [1.54, 1.807) is 0 Å². The fraction of sp³-hybridized carbons (Fsp3) is 0.471. The van der Waals surface area contributed by atoms with Crippen molar-refractivity contribution in [3.05, 3.63) is 42.5 Å². The number of rotatable bonds is 8. The van der Waals surface area contributed by atoms with Gasteiger partial charge in [-0.2, -0.15) is 0 Å². The molecule has 0 radical (unpaired) electrons. The molecule has 108 valence electrons. The second-order valence-corrected chi connectivity index (χ2v) is 5.16. The molecule has 3 nitrogen and oxygen atoms in total. The average Bonchev–Trinajstić information content (AvgIpc) is 2.83. The Morgan fingerprint density at radius 3 is 2.85 bits per heavy atom. The topological polar surface area (TPSA) is 35.5 Å². The Labute approximate surface area is 120 Å². The van der Waals surface area contributed by atoms with Gasteiger partial charge in [-0.05, 0) is 43.4 Å². The van der Waals surface area contributed by atoms with Crippen LogP contribution in [0.3, 0.4) is 0 Å². The van der Waals surface area contributed by atoms with Gasteiger partial charge < -0.3 is 14.3 Å². The van der Waals surface area contributed by atoms with Crippen LogP contribution in [-0.4, -0.2) is 25.1 Å². The van der Waals surface area contributed by atoms with Crippen molar-refractivity contribution in [2.75, 3.05) is 6.61 Å². The van der Waals surface area contributed by atoms with Crippen molar-refractivity contribution >= 4 is 6.29 Å². The summed E-state index contributed by atoms with van der Waals surface area (Å²) in [6.45, 7) is 4.75. The minimum Gasteiger partial charge on any atom is -0.494 e. The zero-order chi connectivity index (χ0) is 14.2. The van der Waals surface area contributed by atoms with Crippen molar-refractivity contribution < 1.29 is 14.3 Å². The largest absolute Gasteiger partial charge is 0.494 e. The predicted molar refractivity (Wildman–Crippen MR) is 78.9 cm³/mol. The number of aldehydes is 1. The summed E-state index contributed by atoms with van der Waals surface area (Å²) in [5, 5.41) is 0. The van der Waals surface area contributed by atoms with E-state index in [4.69, 9.17) is 9.47 Å². The normalized spacial score (nSPS) is 21.9. The highest BCUT2D eigenvalue weighted by Crippen LogP contribution is 2.29. The Morgan fingerprint density at radius 2 is 2.10 bits per heavy atom. The van der Waals surface area contributed by atoms with Crippen molar-refractivity contribution in [3.63, 3.8) is 0 Å². The van der Waals surface area contributed by atoms with Gasteiger partial charge in [-0.3, -0.25) is 0 Å². The highest BCUT2D eigenvalue weighted by atomic mass is 16.5. The molecule has 0 aliphatic carbocycles. The maximum absolute atomic E-state index is 10.4. The third-order valence-corrected chi connectivity index (χ3v) is 3.53. The fourth-order valence-electron chi connectivity index (χ4n) is 2.48. The van der Waals surface area contributed by atoms with Gasteiger partial charge in [-0.15, -0.1) is 0 Å². The summed E-state index contributed by atoms with van der Waals surface area (Å²) in [6, 6.07) is 9.84. The van der Waals surface area contributed by atoms with Crippen LogP contribution >= 0.6 is 0 Å². The standard InChI is InChI=1S/C17H22O3/c1-14-13-16(20-17(14)10-5-11-18)9-6-12-19-15-7-3-2-4-8-15/h2-4,7-8,11,16-17H,1,5-6,9-10,12-13H2/t16-,17-/m0/s1. The first kappa shape index (κ1) is 14.8. The van der Waals surface area contributed by atoms with Crippen molar-refractivity contribution in [2.45, 2.75) is 44.3 Å². The van der Waals surface area contributed by atoms with Crippen LogP contribution in [0.25, 0.3) is 0 Å². The first-order valence-electron chi connectivity index (χ1n) is 7.24. The molecule has 20 heavy (non-hydrogen) atoms. The average molecular weight is 274 g/mol. The Bertz CT molecular complexity index is 427. The zero-order valence-electron chi connectivity index (χ0n) is 11.8. The molecule has 1 fully saturated rings. The Balaban J connectivity index is 1.63. The molecule has 1 aromatic carbocycles. The van der Waals surface area contributed by atoms with Gasteiger partial charge in [0, 0.05) is 6.42 Å². The highest BCUT2D eigenvalue weighted by Gasteiger charge is 2.27. The summed E-state index contributed by atoms with van der Waals surface area (Å²) in [7, 11) is 0. The molecule has 1 saturated heterocycles. The Kier molecular flexibility index (Phi) is 5.81. The zero-order valence-corrected chi connectivity index (χ0v) is 11.8. The lowest BCUT2D eigenvalue weighted by Gasteiger charge is -2.13. The van der Waals surface area contributed by atoms with Crippen molar-refractivity contribution in [1.29, 1.82) is 0 Å². The summed E-state index contributed by atoms with van der Waals surface area (Å²) in [4.78, 5) is 10.4. The number of para-hydroxylation sites is 1. The van der Waals surface area contributed by atoms with Crippen LogP contribution in [0.1, 0.15) is 32.1 Å². The maximum Gasteiger partial charge on any atom is 0.120 e. The maximum atomic E-state index is 10.4. The number of hydrogen-bond acceptors (Lipinski definition) is 3. The first-order valence-corrected chi connectivity index (χ1v) is 7.24. The minimum atomic E-state index is 0.0697. The van der Waals surface area contributed by atoms with Gasteiger partial charge in [0.1, 0.15) is 12.0 Å². The molecule has 0 spiro atoms. The van der Waals surface area contributed by atoms with E-state index in [0.29, 0.717) is 13.0 Å². The van der Waals surface area contributed by atoms with Gasteiger partial charge in [0.05, 0.1) is 18.8 Å². The number of carbonyl (C=O) groups is 1. The van der Waals surface area contributed by atoms with Crippen LogP contribution in [-0.2, 0) is 9.53 Å². The molecule has 0 unspecified atom stereocenters. The molecule has 0 N–H and O–H groups in total. The first-order chi connectivity index (χ1) is 9.79. The molecule has 1 aromatic rings. The lowest BCUT2D eigenvalue weighted by atomic mass is 10.0. The van der Waals surface area contributed by atoms with E-state index < -0.39 is 0 Å². The fourth-order valence-corrected chi connectivity index (χ4v) is 2.48. The minimum absolute atomic E-state index is 0.0697. The van der Waals surface area contributed by atoms with Gasteiger partial charge in [-0.25, -0.2) is 0 Å². The van der Waals surface area contributed by atoms with Crippen LogP contribution < -0.4 is 4.74 Å². The van der Waals surface area contributed by atoms with Gasteiger partial charge in [0.15, 0.2) is 0 Å². The van der Waals surface area contributed by atoms with Crippen LogP contribution in [0.15, 0.2) is 42.5 Å². The van der Waals surface area contributed by atoms with E-state index in [1.807, 2.05) is 30.3 Å². The molecule has 1 aliphatic rings. The van der Waals surface area contributed by atoms with E-state index >= 15 is 0 Å². The Morgan fingerprint density at radius 1 is 1.30 bits per heavy atom. The van der Waals surface area contributed by atoms with Gasteiger partial charge in [0.2, 0.25) is 0 Å². The SMILES string of the molecule is C=C1C[C@H](CCCOc2ccccc2)O[C@H]1CCC=O. The molecular formula is C17H22O3. The monoisotopic (exact) mass is 274 g/mol. The molecule has 0 amide bonds. The molecule has 2 atom stereocenters. The summed E-state index contributed by atoms with van der Waals surface area (Å²) < 4.78 is 11.6. The summed E-state index contributed by atoms with van der Waals surface area (Å²) in [5.41, 5.74) is 1.13. The van der Waals surface area contributed by atoms with E-state index in [9.17, 15) is 4.79 Å². The van der Waals surface area contributed by atoms with Crippen molar-refractivity contribution in [3.8, 4) is 5.75 Å². The summed E-state index contributed by atoms with van der Waals surface area (Å²) in [6.07, 6.45) is 5.41. The molecular weight excluding hydrogens is 252 g/mol. The molecule has 3 heteroatoms. The molecule has 2 rings (SSSR count). The number of hydrogen-bond donors (Lipinski definition) is 0. The lowest BCUT2D eigenvalue weighted by molar-refractivity contribution is -0.108. The van der Waals surface area contributed by atoms with Crippen LogP contribution in [0.4, 0.5) is 0 Å². The number of ether oxygens (including phenoxy) is 2. The molecule has 0 aromatic heterocycles. The molecule has 0 saturated carbocycles.